The third-order valence-electron chi connectivity index (χ3n) is 4.07. The van der Waals surface area contributed by atoms with Gasteiger partial charge in [-0.25, -0.2) is 17.9 Å². The Balaban J connectivity index is 1.98. The average molecular weight is 419 g/mol. The monoisotopic (exact) mass is 418 g/mol. The summed E-state index contributed by atoms with van der Waals surface area (Å²) < 4.78 is 31.7. The highest BCUT2D eigenvalue weighted by atomic mass is 32.2. The summed E-state index contributed by atoms with van der Waals surface area (Å²) in [5, 5.41) is 2.76. The van der Waals surface area contributed by atoms with E-state index in [1.807, 2.05) is 32.9 Å². The molecule has 2 N–H and O–H groups in total. The van der Waals surface area contributed by atoms with E-state index in [4.69, 9.17) is 4.74 Å². The Morgan fingerprint density at radius 3 is 2.07 bits per heavy atom. The van der Waals surface area contributed by atoms with Gasteiger partial charge >= 0.3 is 5.97 Å². The molecule has 0 bridgehead atoms. The normalized spacial score (nSPS) is 11.4. The van der Waals surface area contributed by atoms with Gasteiger partial charge in [-0.15, -0.1) is 0 Å². The van der Waals surface area contributed by atoms with Gasteiger partial charge in [0.2, 0.25) is 10.0 Å². The summed E-state index contributed by atoms with van der Waals surface area (Å²) in [7, 11) is -3.64. The van der Waals surface area contributed by atoms with Crippen LogP contribution < -0.4 is 10.0 Å². The quantitative estimate of drug-likeness (QED) is 0.673. The van der Waals surface area contributed by atoms with Gasteiger partial charge in [-0.05, 0) is 70.0 Å². The van der Waals surface area contributed by atoms with Crippen molar-refractivity contribution >= 4 is 27.6 Å². The molecule has 0 aliphatic heterocycles. The smallest absolute Gasteiger partial charge is 0.338 e. The van der Waals surface area contributed by atoms with Crippen LogP contribution in [0.15, 0.2) is 41.3 Å². The Morgan fingerprint density at radius 1 is 1.00 bits per heavy atom. The fourth-order valence-electron chi connectivity index (χ4n) is 2.92. The minimum Gasteiger partial charge on any atom is -0.452 e. The van der Waals surface area contributed by atoms with E-state index in [0.29, 0.717) is 5.69 Å². The van der Waals surface area contributed by atoms with E-state index < -0.39 is 28.5 Å². The summed E-state index contributed by atoms with van der Waals surface area (Å²) in [6.45, 7) is 8.75. The van der Waals surface area contributed by atoms with Crippen LogP contribution in [0.3, 0.4) is 0 Å². The summed E-state index contributed by atoms with van der Waals surface area (Å²) in [6.07, 6.45) is 0. The fraction of sp³-hybridized carbons (Fsp3) is 0.333. The fourth-order valence-corrected chi connectivity index (χ4v) is 4.17. The Labute approximate surface area is 171 Å². The molecule has 156 valence electrons. The maximum absolute atomic E-state index is 12.2. The van der Waals surface area contributed by atoms with E-state index in [0.717, 1.165) is 16.7 Å². The van der Waals surface area contributed by atoms with Gasteiger partial charge in [0.15, 0.2) is 6.61 Å². The number of aryl methyl sites for hydroxylation is 3. The van der Waals surface area contributed by atoms with Crippen molar-refractivity contribution < 1.29 is 22.7 Å². The standard InChI is InChI=1S/C21H26N2O5S/c1-13(2)23-29(26,27)18-8-6-17(7-9-18)21(25)28-12-19(24)22-20-15(4)10-14(3)11-16(20)5/h6-11,13,23H,12H2,1-5H3,(H,22,24). The van der Waals surface area contributed by atoms with Crippen molar-refractivity contribution in [2.45, 2.75) is 45.6 Å². The van der Waals surface area contributed by atoms with Crippen molar-refractivity contribution in [2.75, 3.05) is 11.9 Å². The molecular formula is C21H26N2O5S. The van der Waals surface area contributed by atoms with Crippen LogP contribution in [0.25, 0.3) is 0 Å². The van der Waals surface area contributed by atoms with Crippen molar-refractivity contribution in [1.82, 2.24) is 4.72 Å². The number of ether oxygens (including phenoxy) is 1. The van der Waals surface area contributed by atoms with Gasteiger partial charge in [-0.3, -0.25) is 4.79 Å². The Kier molecular flexibility index (Phi) is 7.16. The van der Waals surface area contributed by atoms with Crippen LogP contribution in [-0.2, 0) is 19.6 Å². The number of carbonyl (C=O) groups is 2. The van der Waals surface area contributed by atoms with Crippen LogP contribution in [0.4, 0.5) is 5.69 Å². The average Bonchev–Trinajstić information content (AvgIpc) is 2.61. The number of amides is 1. The van der Waals surface area contributed by atoms with Gasteiger partial charge in [0.05, 0.1) is 10.5 Å². The summed E-state index contributed by atoms with van der Waals surface area (Å²) in [6, 6.07) is 9.01. The topological polar surface area (TPSA) is 102 Å². The van der Waals surface area contributed by atoms with E-state index in [-0.39, 0.29) is 16.5 Å². The van der Waals surface area contributed by atoms with Gasteiger partial charge in [0, 0.05) is 11.7 Å². The lowest BCUT2D eigenvalue weighted by atomic mass is 10.1. The van der Waals surface area contributed by atoms with Crippen LogP contribution in [0.5, 0.6) is 0 Å². The van der Waals surface area contributed by atoms with E-state index in [1.165, 1.54) is 24.3 Å². The molecule has 0 unspecified atom stereocenters. The number of carbonyl (C=O) groups excluding carboxylic acids is 2. The second-order valence-corrected chi connectivity index (χ2v) is 8.91. The van der Waals surface area contributed by atoms with E-state index in [9.17, 15) is 18.0 Å². The molecule has 0 fully saturated rings. The van der Waals surface area contributed by atoms with Crippen LogP contribution >= 0.6 is 0 Å². The molecule has 7 nitrogen and oxygen atoms in total. The van der Waals surface area contributed by atoms with Crippen molar-refractivity contribution in [3.05, 3.63) is 58.7 Å². The summed E-state index contributed by atoms with van der Waals surface area (Å²) in [4.78, 5) is 24.3. The Hall–Kier alpha value is -2.71. The SMILES string of the molecule is Cc1cc(C)c(NC(=O)COC(=O)c2ccc(S(=O)(=O)NC(C)C)cc2)c(C)c1. The maximum atomic E-state index is 12.2. The zero-order valence-electron chi connectivity index (χ0n) is 17.2. The molecule has 0 heterocycles. The molecule has 2 rings (SSSR count). The number of sulfonamides is 1. The van der Waals surface area contributed by atoms with Crippen molar-refractivity contribution in [1.29, 1.82) is 0 Å². The van der Waals surface area contributed by atoms with Gasteiger partial charge in [0.25, 0.3) is 5.91 Å². The minimum atomic E-state index is -3.64. The molecule has 0 aliphatic rings. The van der Waals surface area contributed by atoms with E-state index >= 15 is 0 Å². The number of anilines is 1. The van der Waals surface area contributed by atoms with E-state index in [2.05, 4.69) is 10.0 Å². The Morgan fingerprint density at radius 2 is 1.55 bits per heavy atom. The maximum Gasteiger partial charge on any atom is 0.338 e. The molecule has 0 aliphatic carbocycles. The summed E-state index contributed by atoms with van der Waals surface area (Å²) in [5.74, 6) is -1.16. The molecular weight excluding hydrogens is 392 g/mol. The lowest BCUT2D eigenvalue weighted by Gasteiger charge is -2.13. The van der Waals surface area contributed by atoms with Crippen molar-refractivity contribution in [3.63, 3.8) is 0 Å². The van der Waals surface area contributed by atoms with E-state index in [1.54, 1.807) is 13.8 Å². The molecule has 0 saturated heterocycles. The molecule has 0 spiro atoms. The molecule has 0 saturated carbocycles. The van der Waals surface area contributed by atoms with Gasteiger partial charge in [-0.2, -0.15) is 0 Å². The van der Waals surface area contributed by atoms with Crippen LogP contribution in [0.1, 0.15) is 40.9 Å². The predicted octanol–water partition coefficient (Wildman–Crippen LogP) is 3.09. The lowest BCUT2D eigenvalue weighted by molar-refractivity contribution is -0.119. The highest BCUT2D eigenvalue weighted by Gasteiger charge is 2.17. The highest BCUT2D eigenvalue weighted by Crippen LogP contribution is 2.21. The summed E-state index contributed by atoms with van der Waals surface area (Å²) in [5.41, 5.74) is 3.80. The Bertz CT molecular complexity index is 989. The second kappa shape index (κ2) is 9.19. The zero-order valence-corrected chi connectivity index (χ0v) is 18.0. The van der Waals surface area contributed by atoms with Crippen LogP contribution in [0.2, 0.25) is 0 Å². The van der Waals surface area contributed by atoms with Crippen molar-refractivity contribution in [2.24, 2.45) is 0 Å². The first-order valence-electron chi connectivity index (χ1n) is 9.17. The largest absolute Gasteiger partial charge is 0.452 e. The molecule has 0 aromatic heterocycles. The van der Waals surface area contributed by atoms with Gasteiger partial charge in [-0.1, -0.05) is 17.7 Å². The predicted molar refractivity (Wildman–Crippen MR) is 111 cm³/mol. The second-order valence-electron chi connectivity index (χ2n) is 7.20. The molecule has 29 heavy (non-hydrogen) atoms. The molecule has 2 aromatic rings. The van der Waals surface area contributed by atoms with Gasteiger partial charge < -0.3 is 10.1 Å². The number of hydrogen-bond acceptors (Lipinski definition) is 5. The third-order valence-corrected chi connectivity index (χ3v) is 5.74. The van der Waals surface area contributed by atoms with Crippen LogP contribution in [-0.4, -0.2) is 32.9 Å². The molecule has 2 aromatic carbocycles. The summed E-state index contributed by atoms with van der Waals surface area (Å²) >= 11 is 0. The van der Waals surface area contributed by atoms with Gasteiger partial charge in [0.1, 0.15) is 0 Å². The minimum absolute atomic E-state index is 0.0471. The van der Waals surface area contributed by atoms with Crippen molar-refractivity contribution in [3.8, 4) is 0 Å². The molecule has 1 amide bonds. The number of hydrogen-bond donors (Lipinski definition) is 2. The third kappa shape index (κ3) is 6.13. The molecule has 0 radical (unpaired) electrons. The number of nitrogens with one attached hydrogen (secondary N) is 2. The number of benzene rings is 2. The molecule has 0 atom stereocenters. The first-order chi connectivity index (χ1) is 13.5. The van der Waals surface area contributed by atoms with Crippen LogP contribution in [0, 0.1) is 20.8 Å². The highest BCUT2D eigenvalue weighted by molar-refractivity contribution is 7.89. The lowest BCUT2D eigenvalue weighted by Crippen LogP contribution is -2.30. The number of esters is 1. The zero-order chi connectivity index (χ0) is 21.8. The first-order valence-corrected chi connectivity index (χ1v) is 10.6. The molecule has 8 heteroatoms. The first kappa shape index (κ1) is 22.6. The number of rotatable bonds is 7.